The number of hydrogen-bond donors (Lipinski definition) is 4. The molecule has 19 heavy (non-hydrogen) atoms. The Kier molecular flexibility index (Phi) is 6.84. The van der Waals surface area contributed by atoms with E-state index in [9.17, 15) is 14.4 Å². The van der Waals surface area contributed by atoms with E-state index >= 15 is 0 Å². The van der Waals surface area contributed by atoms with Crippen molar-refractivity contribution in [2.75, 3.05) is 13.2 Å². The molecule has 0 saturated heterocycles. The van der Waals surface area contributed by atoms with Crippen LogP contribution < -0.4 is 16.4 Å². The first-order valence-corrected chi connectivity index (χ1v) is 5.87. The van der Waals surface area contributed by atoms with Crippen LogP contribution >= 0.6 is 0 Å². The van der Waals surface area contributed by atoms with Crippen LogP contribution in [0.5, 0.6) is 0 Å². The molecule has 0 aliphatic heterocycles. The van der Waals surface area contributed by atoms with E-state index in [4.69, 9.17) is 15.6 Å². The van der Waals surface area contributed by atoms with E-state index < -0.39 is 36.0 Å². The molecule has 0 heterocycles. The smallest absolute Gasteiger partial charge is 0.326 e. The van der Waals surface area contributed by atoms with Gasteiger partial charge in [-0.1, -0.05) is 0 Å². The lowest BCUT2D eigenvalue weighted by atomic mass is 10.1. The number of nitrogens with two attached hydrogens (primary N) is 1. The molecule has 0 spiro atoms. The lowest BCUT2D eigenvalue weighted by molar-refractivity contribution is -0.140. The van der Waals surface area contributed by atoms with Gasteiger partial charge in [-0.25, -0.2) is 9.59 Å². The number of nitrogens with one attached hydrogen (secondary N) is 2. The van der Waals surface area contributed by atoms with E-state index in [2.05, 4.69) is 10.6 Å². The van der Waals surface area contributed by atoms with Gasteiger partial charge in [0.1, 0.15) is 6.04 Å². The number of hydrogen-bond acceptors (Lipinski definition) is 4. The number of aliphatic carboxylic acids is 1. The molecule has 8 heteroatoms. The molecule has 8 nitrogen and oxygen atoms in total. The van der Waals surface area contributed by atoms with Gasteiger partial charge < -0.3 is 26.2 Å². The fourth-order valence-electron chi connectivity index (χ4n) is 1.35. The Morgan fingerprint density at radius 1 is 1.37 bits per heavy atom. The second kappa shape index (κ2) is 7.57. The fraction of sp³-hybridized carbons (Fsp3) is 0.727. The van der Waals surface area contributed by atoms with Gasteiger partial charge in [0.2, 0.25) is 5.91 Å². The Morgan fingerprint density at radius 3 is 2.37 bits per heavy atom. The summed E-state index contributed by atoms with van der Waals surface area (Å²) in [5.41, 5.74) is 4.33. The summed E-state index contributed by atoms with van der Waals surface area (Å²) >= 11 is 0. The fourth-order valence-corrected chi connectivity index (χ4v) is 1.35. The zero-order valence-corrected chi connectivity index (χ0v) is 11.4. The molecule has 0 bridgehead atoms. The van der Waals surface area contributed by atoms with Crippen molar-refractivity contribution in [2.45, 2.75) is 38.8 Å². The minimum absolute atomic E-state index is 0.204. The largest absolute Gasteiger partial charge is 0.480 e. The minimum atomic E-state index is -1.34. The third-order valence-electron chi connectivity index (χ3n) is 2.22. The van der Waals surface area contributed by atoms with E-state index in [1.165, 1.54) is 0 Å². The first kappa shape index (κ1) is 17.2. The number of primary amides is 1. The van der Waals surface area contributed by atoms with Crippen molar-refractivity contribution in [1.29, 1.82) is 0 Å². The number of carbonyl (C=O) groups excluding carboxylic acids is 2. The first-order valence-electron chi connectivity index (χ1n) is 5.87. The summed E-state index contributed by atoms with van der Waals surface area (Å²) in [7, 11) is 0. The highest BCUT2D eigenvalue weighted by Crippen LogP contribution is 2.06. The van der Waals surface area contributed by atoms with Gasteiger partial charge in [-0.3, -0.25) is 4.79 Å². The monoisotopic (exact) mass is 275 g/mol. The topological polar surface area (TPSA) is 131 Å². The average Bonchev–Trinajstić information content (AvgIpc) is 2.25. The number of ether oxygens (including phenoxy) is 1. The van der Waals surface area contributed by atoms with Gasteiger partial charge in [0.05, 0.1) is 12.0 Å². The molecule has 0 aromatic heterocycles. The van der Waals surface area contributed by atoms with Crippen molar-refractivity contribution >= 4 is 17.9 Å². The number of carboxylic acid groups (broad SMARTS) is 1. The molecule has 0 saturated carbocycles. The number of urea groups is 1. The summed E-state index contributed by atoms with van der Waals surface area (Å²) in [6.07, 6.45) is -0.461. The maximum absolute atomic E-state index is 11.5. The number of carbonyl (C=O) groups is 3. The highest BCUT2D eigenvalue weighted by atomic mass is 16.5. The van der Waals surface area contributed by atoms with Gasteiger partial charge in [0, 0.05) is 13.2 Å². The maximum atomic E-state index is 11.5. The van der Waals surface area contributed by atoms with Crippen molar-refractivity contribution in [2.24, 2.45) is 5.73 Å². The number of amides is 3. The normalized spacial score (nSPS) is 12.6. The summed E-state index contributed by atoms with van der Waals surface area (Å²) in [6.45, 7) is 6.10. The molecule has 1 atom stereocenters. The molecule has 0 fully saturated rings. The van der Waals surface area contributed by atoms with Gasteiger partial charge in [0.25, 0.3) is 0 Å². The second-order valence-corrected chi connectivity index (χ2v) is 4.58. The van der Waals surface area contributed by atoms with Gasteiger partial charge in [-0.2, -0.15) is 0 Å². The Bertz CT molecular complexity index is 343. The molecular weight excluding hydrogens is 254 g/mol. The average molecular weight is 275 g/mol. The molecule has 0 aromatic carbocycles. The van der Waals surface area contributed by atoms with Crippen LogP contribution in [-0.4, -0.2) is 47.8 Å². The lowest BCUT2D eigenvalue weighted by Crippen LogP contribution is -2.50. The predicted molar refractivity (Wildman–Crippen MR) is 67.5 cm³/mol. The zero-order chi connectivity index (χ0) is 15.1. The Balaban J connectivity index is 4.27. The van der Waals surface area contributed by atoms with Crippen molar-refractivity contribution in [3.8, 4) is 0 Å². The number of rotatable bonds is 8. The van der Waals surface area contributed by atoms with Crippen LogP contribution in [0.3, 0.4) is 0 Å². The highest BCUT2D eigenvalue weighted by Gasteiger charge is 2.23. The van der Waals surface area contributed by atoms with E-state index in [-0.39, 0.29) is 6.54 Å². The van der Waals surface area contributed by atoms with Gasteiger partial charge in [-0.05, 0) is 20.8 Å². The van der Waals surface area contributed by atoms with Crippen LogP contribution in [0, 0.1) is 0 Å². The maximum Gasteiger partial charge on any atom is 0.326 e. The highest BCUT2D eigenvalue weighted by molar-refractivity contribution is 5.87. The standard InChI is InChI=1S/C11H21N3O5/c1-4-19-11(2,3)6-13-10(18)14-7(9(16)17)5-8(12)15/h7H,4-6H2,1-3H3,(H2,12,15)(H,16,17)(H2,13,14,18)/t7-/m1/s1. The van der Waals surface area contributed by atoms with Crippen molar-refractivity contribution in [3.63, 3.8) is 0 Å². The van der Waals surface area contributed by atoms with E-state index in [0.717, 1.165) is 0 Å². The summed E-state index contributed by atoms with van der Waals surface area (Å²) in [5.74, 6) is -2.12. The van der Waals surface area contributed by atoms with Gasteiger partial charge >= 0.3 is 12.0 Å². The van der Waals surface area contributed by atoms with Crippen LogP contribution in [0.4, 0.5) is 4.79 Å². The molecule has 0 aliphatic rings. The van der Waals surface area contributed by atoms with Crippen LogP contribution in [0.25, 0.3) is 0 Å². The summed E-state index contributed by atoms with van der Waals surface area (Å²) in [4.78, 5) is 33.0. The van der Waals surface area contributed by atoms with E-state index in [1.54, 1.807) is 13.8 Å². The molecule has 5 N–H and O–H groups in total. The molecule has 3 amide bonds. The van der Waals surface area contributed by atoms with E-state index in [1.807, 2.05) is 6.92 Å². The summed E-state index contributed by atoms with van der Waals surface area (Å²) < 4.78 is 5.36. The van der Waals surface area contributed by atoms with Gasteiger partial charge in [0.15, 0.2) is 0 Å². The van der Waals surface area contributed by atoms with Crippen molar-refractivity contribution < 1.29 is 24.2 Å². The SMILES string of the molecule is CCOC(C)(C)CNC(=O)N[C@H](CC(N)=O)C(=O)O. The Morgan fingerprint density at radius 2 is 1.95 bits per heavy atom. The molecule has 0 radical (unpaired) electrons. The van der Waals surface area contributed by atoms with Crippen LogP contribution in [-0.2, 0) is 14.3 Å². The second-order valence-electron chi connectivity index (χ2n) is 4.58. The van der Waals surface area contributed by atoms with Crippen LogP contribution in [0.1, 0.15) is 27.2 Å². The Hall–Kier alpha value is -1.83. The first-order chi connectivity index (χ1) is 8.68. The predicted octanol–water partition coefficient (Wildman–Crippen LogP) is -0.571. The van der Waals surface area contributed by atoms with Crippen molar-refractivity contribution in [1.82, 2.24) is 10.6 Å². The van der Waals surface area contributed by atoms with Crippen LogP contribution in [0.2, 0.25) is 0 Å². The third kappa shape index (κ3) is 7.98. The third-order valence-corrected chi connectivity index (χ3v) is 2.22. The van der Waals surface area contributed by atoms with Gasteiger partial charge in [-0.15, -0.1) is 0 Å². The molecule has 0 aromatic rings. The quantitative estimate of drug-likeness (QED) is 0.471. The van der Waals surface area contributed by atoms with Crippen LogP contribution in [0.15, 0.2) is 0 Å². The Labute approximate surface area is 111 Å². The molecule has 110 valence electrons. The summed E-state index contributed by atoms with van der Waals surface area (Å²) in [6, 6.07) is -2.03. The molecule has 0 rings (SSSR count). The molecule has 0 unspecified atom stereocenters. The summed E-state index contributed by atoms with van der Waals surface area (Å²) in [5, 5.41) is 13.4. The van der Waals surface area contributed by atoms with Crippen molar-refractivity contribution in [3.05, 3.63) is 0 Å². The zero-order valence-electron chi connectivity index (χ0n) is 11.4. The molecule has 0 aliphatic carbocycles. The number of carboxylic acids is 1. The minimum Gasteiger partial charge on any atom is -0.480 e. The lowest BCUT2D eigenvalue weighted by Gasteiger charge is -2.25. The van der Waals surface area contributed by atoms with E-state index in [0.29, 0.717) is 6.61 Å². The molecular formula is C11H21N3O5.